The average Bonchev–Trinajstić information content (AvgIpc) is 2.59. The Hall–Kier alpha value is -2.56. The first-order valence-electron chi connectivity index (χ1n) is 7.79. The molecular weight excluding hydrogens is 290 g/mol. The molecule has 5 heteroatoms. The second kappa shape index (κ2) is 8.17. The van der Waals surface area contributed by atoms with Gasteiger partial charge in [0, 0.05) is 13.2 Å². The van der Waals surface area contributed by atoms with E-state index < -0.39 is 0 Å². The average molecular weight is 313 g/mol. The van der Waals surface area contributed by atoms with Crippen molar-refractivity contribution in [1.29, 1.82) is 0 Å². The third-order valence-corrected chi connectivity index (χ3v) is 3.62. The molecule has 0 aliphatic rings. The fourth-order valence-corrected chi connectivity index (χ4v) is 2.21. The molecule has 0 spiro atoms. The third-order valence-electron chi connectivity index (χ3n) is 3.62. The van der Waals surface area contributed by atoms with E-state index in [1.807, 2.05) is 31.2 Å². The van der Waals surface area contributed by atoms with Crippen LogP contribution in [0.3, 0.4) is 0 Å². The van der Waals surface area contributed by atoms with E-state index in [1.54, 1.807) is 25.4 Å². The van der Waals surface area contributed by atoms with Crippen molar-refractivity contribution in [3.63, 3.8) is 0 Å². The van der Waals surface area contributed by atoms with Crippen LogP contribution in [0.2, 0.25) is 0 Å². The number of hydrogen-bond acceptors (Lipinski definition) is 4. The smallest absolute Gasteiger partial charge is 0.254 e. The van der Waals surface area contributed by atoms with Crippen molar-refractivity contribution in [2.75, 3.05) is 18.9 Å². The Morgan fingerprint density at radius 2 is 2.04 bits per heavy atom. The number of anilines is 1. The highest BCUT2D eigenvalue weighted by Gasteiger charge is 2.14. The molecular formula is C18H23N3O2. The van der Waals surface area contributed by atoms with Crippen LogP contribution < -0.4 is 15.4 Å². The molecule has 1 atom stereocenters. The SMILES string of the molecule is CCC(CNc1ncccc1C(=O)NC)Oc1ccccc1C. The number of benzene rings is 1. The van der Waals surface area contributed by atoms with Crippen LogP contribution in [0.4, 0.5) is 5.82 Å². The minimum atomic E-state index is -0.159. The van der Waals surface area contributed by atoms with E-state index in [0.29, 0.717) is 17.9 Å². The van der Waals surface area contributed by atoms with Gasteiger partial charge < -0.3 is 15.4 Å². The minimum absolute atomic E-state index is 0.00403. The second-order valence-electron chi connectivity index (χ2n) is 5.27. The highest BCUT2D eigenvalue weighted by molar-refractivity contribution is 5.98. The Balaban J connectivity index is 2.04. The maximum atomic E-state index is 11.9. The second-order valence-corrected chi connectivity index (χ2v) is 5.27. The van der Waals surface area contributed by atoms with Gasteiger partial charge in [0.05, 0.1) is 12.1 Å². The summed E-state index contributed by atoms with van der Waals surface area (Å²) in [4.78, 5) is 16.1. The molecule has 0 saturated heterocycles. The molecule has 0 bridgehead atoms. The molecule has 2 aromatic rings. The largest absolute Gasteiger partial charge is 0.488 e. The van der Waals surface area contributed by atoms with Crippen molar-refractivity contribution in [1.82, 2.24) is 10.3 Å². The highest BCUT2D eigenvalue weighted by Crippen LogP contribution is 2.19. The molecule has 0 fully saturated rings. The molecule has 0 aliphatic heterocycles. The fraction of sp³-hybridized carbons (Fsp3) is 0.333. The summed E-state index contributed by atoms with van der Waals surface area (Å²) in [5, 5.41) is 5.84. The molecule has 2 rings (SSSR count). The lowest BCUT2D eigenvalue weighted by Crippen LogP contribution is -2.27. The summed E-state index contributed by atoms with van der Waals surface area (Å²) in [6, 6.07) is 11.4. The quantitative estimate of drug-likeness (QED) is 0.825. The van der Waals surface area contributed by atoms with Crippen molar-refractivity contribution < 1.29 is 9.53 Å². The van der Waals surface area contributed by atoms with Crippen LogP contribution in [0.1, 0.15) is 29.3 Å². The number of hydrogen-bond donors (Lipinski definition) is 2. The molecule has 1 aromatic heterocycles. The van der Waals surface area contributed by atoms with Gasteiger partial charge in [-0.05, 0) is 37.1 Å². The Labute approximate surface area is 137 Å². The Kier molecular flexibility index (Phi) is 5.97. The maximum Gasteiger partial charge on any atom is 0.254 e. The number of nitrogens with zero attached hydrogens (tertiary/aromatic N) is 1. The van der Waals surface area contributed by atoms with Gasteiger partial charge in [-0.3, -0.25) is 4.79 Å². The lowest BCUT2D eigenvalue weighted by Gasteiger charge is -2.20. The normalized spacial score (nSPS) is 11.6. The van der Waals surface area contributed by atoms with E-state index in [1.165, 1.54) is 0 Å². The highest BCUT2D eigenvalue weighted by atomic mass is 16.5. The van der Waals surface area contributed by atoms with Crippen molar-refractivity contribution in [2.45, 2.75) is 26.4 Å². The number of carbonyl (C=O) groups is 1. The lowest BCUT2D eigenvalue weighted by molar-refractivity contribution is 0.0963. The van der Waals surface area contributed by atoms with Gasteiger partial charge in [0.2, 0.25) is 0 Å². The van der Waals surface area contributed by atoms with Gasteiger partial charge in [0.25, 0.3) is 5.91 Å². The minimum Gasteiger partial charge on any atom is -0.488 e. The van der Waals surface area contributed by atoms with Crippen LogP contribution in [-0.2, 0) is 0 Å². The maximum absolute atomic E-state index is 11.9. The van der Waals surface area contributed by atoms with E-state index >= 15 is 0 Å². The summed E-state index contributed by atoms with van der Waals surface area (Å²) in [5.74, 6) is 1.29. The third kappa shape index (κ3) is 4.45. The zero-order valence-corrected chi connectivity index (χ0v) is 13.8. The first-order valence-corrected chi connectivity index (χ1v) is 7.79. The number of carbonyl (C=O) groups excluding carboxylic acids is 1. The van der Waals surface area contributed by atoms with Crippen LogP contribution in [0, 0.1) is 6.92 Å². The van der Waals surface area contributed by atoms with Crippen molar-refractivity contribution in [3.8, 4) is 5.75 Å². The fourth-order valence-electron chi connectivity index (χ4n) is 2.21. The van der Waals surface area contributed by atoms with E-state index in [-0.39, 0.29) is 12.0 Å². The molecule has 0 radical (unpaired) electrons. The molecule has 0 saturated carbocycles. The van der Waals surface area contributed by atoms with Gasteiger partial charge in [-0.25, -0.2) is 4.98 Å². The standard InChI is InChI=1S/C18H23N3O2/c1-4-14(23-16-10-6-5-8-13(16)2)12-21-17-15(18(22)19-3)9-7-11-20-17/h5-11,14H,4,12H2,1-3H3,(H,19,22)(H,20,21). The number of pyridine rings is 1. The molecule has 0 aliphatic carbocycles. The van der Waals surface area contributed by atoms with Crippen LogP contribution in [-0.4, -0.2) is 30.6 Å². The Morgan fingerprint density at radius 1 is 1.26 bits per heavy atom. The van der Waals surface area contributed by atoms with Crippen LogP contribution in [0.5, 0.6) is 5.75 Å². The summed E-state index contributed by atoms with van der Waals surface area (Å²) < 4.78 is 6.05. The van der Waals surface area contributed by atoms with Gasteiger partial charge in [-0.1, -0.05) is 25.1 Å². The summed E-state index contributed by atoms with van der Waals surface area (Å²) in [6.45, 7) is 4.67. The van der Waals surface area contributed by atoms with Gasteiger partial charge in [0.15, 0.2) is 0 Å². The monoisotopic (exact) mass is 313 g/mol. The number of ether oxygens (including phenoxy) is 1. The lowest BCUT2D eigenvalue weighted by atomic mass is 10.2. The molecule has 5 nitrogen and oxygen atoms in total. The summed E-state index contributed by atoms with van der Waals surface area (Å²) in [7, 11) is 1.61. The van der Waals surface area contributed by atoms with Crippen molar-refractivity contribution in [3.05, 3.63) is 53.7 Å². The van der Waals surface area contributed by atoms with Crippen molar-refractivity contribution in [2.24, 2.45) is 0 Å². The molecule has 122 valence electrons. The number of aryl methyl sites for hydroxylation is 1. The topological polar surface area (TPSA) is 63.2 Å². The van der Waals surface area contributed by atoms with E-state index in [4.69, 9.17) is 4.74 Å². The number of amides is 1. The first kappa shape index (κ1) is 16.8. The number of aromatic nitrogens is 1. The predicted octanol–water partition coefficient (Wildman–Crippen LogP) is 3.02. The molecule has 23 heavy (non-hydrogen) atoms. The van der Waals surface area contributed by atoms with Crippen molar-refractivity contribution >= 4 is 11.7 Å². The zero-order valence-electron chi connectivity index (χ0n) is 13.8. The predicted molar refractivity (Wildman–Crippen MR) is 92.0 cm³/mol. The molecule has 1 unspecified atom stereocenters. The molecule has 1 amide bonds. The van der Waals surface area contributed by atoms with E-state index in [0.717, 1.165) is 17.7 Å². The molecule has 1 heterocycles. The Morgan fingerprint density at radius 3 is 2.74 bits per heavy atom. The van der Waals surface area contributed by atoms with Crippen LogP contribution in [0.25, 0.3) is 0 Å². The number of rotatable bonds is 7. The van der Waals surface area contributed by atoms with Gasteiger partial charge in [-0.2, -0.15) is 0 Å². The molecule has 1 aromatic carbocycles. The zero-order chi connectivity index (χ0) is 16.7. The van der Waals surface area contributed by atoms with Gasteiger partial charge in [0.1, 0.15) is 17.7 Å². The van der Waals surface area contributed by atoms with Crippen LogP contribution >= 0.6 is 0 Å². The van der Waals surface area contributed by atoms with E-state index in [9.17, 15) is 4.79 Å². The summed E-state index contributed by atoms with van der Waals surface area (Å²) in [5.41, 5.74) is 1.63. The molecule has 2 N–H and O–H groups in total. The summed E-state index contributed by atoms with van der Waals surface area (Å²) >= 11 is 0. The first-order chi connectivity index (χ1) is 11.2. The van der Waals surface area contributed by atoms with Gasteiger partial charge in [-0.15, -0.1) is 0 Å². The number of para-hydroxylation sites is 1. The van der Waals surface area contributed by atoms with Crippen LogP contribution in [0.15, 0.2) is 42.6 Å². The summed E-state index contributed by atoms with van der Waals surface area (Å²) in [6.07, 6.45) is 2.51. The Bertz CT molecular complexity index is 658. The van der Waals surface area contributed by atoms with Gasteiger partial charge >= 0.3 is 0 Å². The van der Waals surface area contributed by atoms with E-state index in [2.05, 4.69) is 22.5 Å². The number of nitrogens with one attached hydrogen (secondary N) is 2.